The van der Waals surface area contributed by atoms with Crippen LogP contribution < -0.4 is 0 Å². The summed E-state index contributed by atoms with van der Waals surface area (Å²) < 4.78 is 47.5. The Balaban J connectivity index is 2.29. The number of esters is 1. The fourth-order valence-corrected chi connectivity index (χ4v) is 3.11. The molecular weight excluding hydrogens is 359 g/mol. The van der Waals surface area contributed by atoms with E-state index in [-0.39, 0.29) is 34.3 Å². The highest BCUT2D eigenvalue weighted by molar-refractivity contribution is 6.01. The van der Waals surface area contributed by atoms with Gasteiger partial charge in [0.1, 0.15) is 0 Å². The van der Waals surface area contributed by atoms with Crippen LogP contribution >= 0.6 is 0 Å². The summed E-state index contributed by atoms with van der Waals surface area (Å²) in [5.74, 6) is -1.10. The first kappa shape index (κ1) is 18.7. The summed E-state index contributed by atoms with van der Waals surface area (Å²) in [7, 11) is 0. The fraction of sp³-hybridized carbons (Fsp3) is 0.200. The van der Waals surface area contributed by atoms with Gasteiger partial charge in [0.15, 0.2) is 0 Å². The van der Waals surface area contributed by atoms with E-state index in [1.807, 2.05) is 0 Å². The van der Waals surface area contributed by atoms with Gasteiger partial charge in [0.2, 0.25) is 5.91 Å². The molecule has 7 heteroatoms. The average Bonchev–Trinajstić information content (AvgIpc) is 2.97. The van der Waals surface area contributed by atoms with Crippen molar-refractivity contribution in [1.29, 1.82) is 0 Å². The van der Waals surface area contributed by atoms with Crippen LogP contribution in [0.4, 0.5) is 13.2 Å². The van der Waals surface area contributed by atoms with E-state index in [1.54, 1.807) is 13.0 Å². The largest absolute Gasteiger partial charge is 0.462 e. The van der Waals surface area contributed by atoms with Gasteiger partial charge in [-0.25, -0.2) is 4.79 Å². The summed E-state index contributed by atoms with van der Waals surface area (Å²) >= 11 is 0. The smallest absolute Gasteiger partial charge is 0.419 e. The first-order valence-corrected chi connectivity index (χ1v) is 8.24. The Kier molecular flexibility index (Phi) is 4.78. The van der Waals surface area contributed by atoms with Crippen LogP contribution in [0, 0.1) is 0 Å². The highest BCUT2D eigenvalue weighted by Gasteiger charge is 2.39. The highest BCUT2D eigenvalue weighted by Crippen LogP contribution is 2.43. The molecule has 4 nitrogen and oxygen atoms in total. The van der Waals surface area contributed by atoms with Gasteiger partial charge in [0, 0.05) is 12.3 Å². The Morgan fingerprint density at radius 3 is 2.22 bits per heavy atom. The van der Waals surface area contributed by atoms with Crippen LogP contribution in [-0.2, 0) is 10.9 Å². The third kappa shape index (κ3) is 3.32. The number of ether oxygens (including phenoxy) is 1. The van der Waals surface area contributed by atoms with E-state index in [9.17, 15) is 22.8 Å². The van der Waals surface area contributed by atoms with Crippen LogP contribution in [0.3, 0.4) is 0 Å². The molecule has 0 bridgehead atoms. The maximum Gasteiger partial charge on any atom is 0.419 e. The molecule has 0 atom stereocenters. The second kappa shape index (κ2) is 6.90. The van der Waals surface area contributed by atoms with Gasteiger partial charge in [-0.3, -0.25) is 9.36 Å². The molecule has 27 heavy (non-hydrogen) atoms. The number of rotatable bonds is 3. The van der Waals surface area contributed by atoms with Gasteiger partial charge in [-0.1, -0.05) is 30.3 Å². The minimum absolute atomic E-state index is 0.0512. The van der Waals surface area contributed by atoms with Gasteiger partial charge in [-0.05, 0) is 30.7 Å². The van der Waals surface area contributed by atoms with Crippen LogP contribution in [0.2, 0.25) is 0 Å². The lowest BCUT2D eigenvalue weighted by atomic mass is 10.0. The predicted molar refractivity (Wildman–Crippen MR) is 94.6 cm³/mol. The molecule has 3 rings (SSSR count). The van der Waals surface area contributed by atoms with E-state index in [0.717, 1.165) is 4.57 Å². The summed E-state index contributed by atoms with van der Waals surface area (Å²) in [6, 6.07) is 11.4. The minimum atomic E-state index is -4.66. The molecule has 0 spiro atoms. The van der Waals surface area contributed by atoms with E-state index in [4.69, 9.17) is 4.74 Å². The number of aromatic nitrogens is 1. The van der Waals surface area contributed by atoms with Gasteiger partial charge in [0.25, 0.3) is 0 Å². The number of para-hydroxylation sites is 1. The molecule has 0 saturated heterocycles. The van der Waals surface area contributed by atoms with Crippen molar-refractivity contribution in [2.75, 3.05) is 6.61 Å². The fourth-order valence-electron chi connectivity index (χ4n) is 3.11. The number of benzene rings is 2. The Morgan fingerprint density at radius 2 is 1.67 bits per heavy atom. The van der Waals surface area contributed by atoms with Gasteiger partial charge in [0.05, 0.1) is 28.9 Å². The second-order valence-electron chi connectivity index (χ2n) is 5.89. The number of fused-ring (bicyclic) bond motifs is 1. The first-order valence-electron chi connectivity index (χ1n) is 8.24. The number of hydrogen-bond acceptors (Lipinski definition) is 3. The third-order valence-corrected chi connectivity index (χ3v) is 4.14. The summed E-state index contributed by atoms with van der Waals surface area (Å²) in [6.07, 6.45) is -4.66. The summed E-state index contributed by atoms with van der Waals surface area (Å²) in [5, 5.41) is -0.0512. The second-order valence-corrected chi connectivity index (χ2v) is 5.89. The Labute approximate surface area is 153 Å². The third-order valence-electron chi connectivity index (χ3n) is 4.14. The normalized spacial score (nSPS) is 11.6. The minimum Gasteiger partial charge on any atom is -0.462 e. The van der Waals surface area contributed by atoms with Gasteiger partial charge in [-0.2, -0.15) is 13.2 Å². The van der Waals surface area contributed by atoms with E-state index in [0.29, 0.717) is 0 Å². The zero-order chi connectivity index (χ0) is 19.8. The molecule has 0 unspecified atom stereocenters. The first-order chi connectivity index (χ1) is 12.8. The maximum absolute atomic E-state index is 13.8. The molecule has 3 aromatic rings. The van der Waals surface area contributed by atoms with Crippen LogP contribution in [0.25, 0.3) is 22.2 Å². The van der Waals surface area contributed by atoms with Crippen molar-refractivity contribution >= 4 is 22.8 Å². The molecule has 1 aromatic heterocycles. The van der Waals surface area contributed by atoms with Crippen LogP contribution in [-0.4, -0.2) is 23.1 Å². The molecule has 0 N–H and O–H groups in total. The SMILES string of the molecule is CCOC(=O)c1ccc(-c2c(C(F)(F)F)c3ccccc3n2C(C)=O)cc1. The van der Waals surface area contributed by atoms with Gasteiger partial charge >= 0.3 is 12.1 Å². The summed E-state index contributed by atoms with van der Waals surface area (Å²) in [4.78, 5) is 23.9. The van der Waals surface area contributed by atoms with Crippen molar-refractivity contribution in [3.8, 4) is 11.3 Å². The summed E-state index contributed by atoms with van der Waals surface area (Å²) in [6.45, 7) is 3.06. The maximum atomic E-state index is 13.8. The van der Waals surface area contributed by atoms with Crippen LogP contribution in [0.1, 0.15) is 34.6 Å². The van der Waals surface area contributed by atoms with Gasteiger partial charge < -0.3 is 4.74 Å². The quantitative estimate of drug-likeness (QED) is 0.594. The molecule has 140 valence electrons. The van der Waals surface area contributed by atoms with E-state index < -0.39 is 23.6 Å². The standard InChI is InChI=1S/C20H16F3NO3/c1-3-27-19(26)14-10-8-13(9-11-14)18-17(20(21,22)23)15-6-4-5-7-16(15)24(18)12(2)25/h4-11H,3H2,1-2H3. The van der Waals surface area contributed by atoms with Crippen LogP contribution in [0.15, 0.2) is 48.5 Å². The lowest BCUT2D eigenvalue weighted by Gasteiger charge is -2.12. The number of halogens is 3. The van der Waals surface area contributed by atoms with Crippen molar-refractivity contribution in [2.45, 2.75) is 20.0 Å². The average molecular weight is 375 g/mol. The summed E-state index contributed by atoms with van der Waals surface area (Å²) in [5.41, 5.74) is -0.535. The Morgan fingerprint density at radius 1 is 1.04 bits per heavy atom. The molecular formula is C20H16F3NO3. The van der Waals surface area contributed by atoms with Crippen LogP contribution in [0.5, 0.6) is 0 Å². The number of carbonyl (C=O) groups excluding carboxylic acids is 2. The lowest BCUT2D eigenvalue weighted by molar-refractivity contribution is -0.135. The number of carbonyl (C=O) groups is 2. The van der Waals surface area contributed by atoms with Crippen molar-refractivity contribution in [3.63, 3.8) is 0 Å². The monoisotopic (exact) mass is 375 g/mol. The Hall–Kier alpha value is -3.09. The highest BCUT2D eigenvalue weighted by atomic mass is 19.4. The molecule has 0 radical (unpaired) electrons. The molecule has 0 saturated carbocycles. The van der Waals surface area contributed by atoms with Crippen molar-refractivity contribution in [3.05, 3.63) is 59.7 Å². The lowest BCUT2D eigenvalue weighted by Crippen LogP contribution is -2.11. The number of alkyl halides is 3. The molecule has 0 aliphatic heterocycles. The number of nitrogens with zero attached hydrogens (tertiary/aromatic N) is 1. The van der Waals surface area contributed by atoms with Crippen molar-refractivity contribution in [2.24, 2.45) is 0 Å². The topological polar surface area (TPSA) is 48.3 Å². The molecule has 0 aliphatic carbocycles. The molecule has 0 amide bonds. The van der Waals surface area contributed by atoms with E-state index in [2.05, 4.69) is 0 Å². The van der Waals surface area contributed by atoms with Crippen molar-refractivity contribution < 1.29 is 27.5 Å². The molecule has 2 aromatic carbocycles. The van der Waals surface area contributed by atoms with Gasteiger partial charge in [-0.15, -0.1) is 0 Å². The predicted octanol–water partition coefficient (Wildman–Crippen LogP) is 5.16. The van der Waals surface area contributed by atoms with Crippen molar-refractivity contribution in [1.82, 2.24) is 4.57 Å². The Bertz CT molecular complexity index is 1020. The zero-order valence-electron chi connectivity index (χ0n) is 14.6. The zero-order valence-corrected chi connectivity index (χ0v) is 14.6. The van der Waals surface area contributed by atoms with E-state index >= 15 is 0 Å². The number of hydrogen-bond donors (Lipinski definition) is 0. The molecule has 0 aliphatic rings. The van der Waals surface area contributed by atoms with E-state index in [1.165, 1.54) is 49.4 Å². The molecule has 1 heterocycles. The molecule has 0 fully saturated rings.